The molecule has 36 heavy (non-hydrogen) atoms. The van der Waals surface area contributed by atoms with Crippen molar-refractivity contribution in [3.05, 3.63) is 29.3 Å². The molecule has 1 saturated carbocycles. The van der Waals surface area contributed by atoms with Gasteiger partial charge in [0.1, 0.15) is 5.60 Å². The van der Waals surface area contributed by atoms with E-state index in [4.69, 9.17) is 14.2 Å². The van der Waals surface area contributed by atoms with Gasteiger partial charge in [-0.3, -0.25) is 0 Å². The number of nitrogens with zero attached hydrogens (tertiary/aromatic N) is 1. The van der Waals surface area contributed by atoms with Crippen LogP contribution in [0, 0.1) is 11.3 Å². The highest BCUT2D eigenvalue weighted by atomic mass is 19.3. The molecule has 1 aromatic carbocycles. The number of alkyl halides is 2. The van der Waals surface area contributed by atoms with Crippen molar-refractivity contribution in [2.45, 2.75) is 76.9 Å². The summed E-state index contributed by atoms with van der Waals surface area (Å²) in [5.74, 6) is -2.70. The van der Waals surface area contributed by atoms with E-state index in [1.165, 1.54) is 7.11 Å². The summed E-state index contributed by atoms with van der Waals surface area (Å²) in [4.78, 5) is 27.2. The fraction of sp³-hybridized carbons (Fsp3) is 0.704. The van der Waals surface area contributed by atoms with E-state index in [9.17, 15) is 18.4 Å². The van der Waals surface area contributed by atoms with Crippen LogP contribution in [-0.2, 0) is 14.2 Å². The van der Waals surface area contributed by atoms with Gasteiger partial charge in [-0.25, -0.2) is 18.4 Å². The second-order valence-electron chi connectivity index (χ2n) is 11.6. The maximum absolute atomic E-state index is 14.0. The van der Waals surface area contributed by atoms with Crippen molar-refractivity contribution in [3.63, 3.8) is 0 Å². The number of hydrogen-bond donors (Lipinski definition) is 1. The van der Waals surface area contributed by atoms with Gasteiger partial charge in [-0.1, -0.05) is 6.07 Å². The lowest BCUT2D eigenvalue weighted by atomic mass is 9.59. The average Bonchev–Trinajstić information content (AvgIpc) is 2.80. The summed E-state index contributed by atoms with van der Waals surface area (Å²) in [6, 6.07) is 4.78. The molecule has 2 heterocycles. The molecule has 3 fully saturated rings. The first-order valence-electron chi connectivity index (χ1n) is 12.8. The minimum absolute atomic E-state index is 0.163. The number of carbonyl (C=O) groups is 2. The second-order valence-corrected chi connectivity index (χ2v) is 11.6. The minimum Gasteiger partial charge on any atom is -0.465 e. The van der Waals surface area contributed by atoms with E-state index < -0.39 is 35.0 Å². The molecule has 1 N–H and O–H groups in total. The Kier molecular flexibility index (Phi) is 7.51. The lowest BCUT2D eigenvalue weighted by Crippen LogP contribution is -2.54. The van der Waals surface area contributed by atoms with Crippen LogP contribution in [0.4, 0.5) is 19.3 Å². The number of nitrogens with one attached hydrogen (secondary N) is 1. The van der Waals surface area contributed by atoms with Gasteiger partial charge in [0.05, 0.1) is 18.7 Å². The number of rotatable bonds is 5. The standard InChI is InChI=1S/C27H38F2N2O5/c1-25(2,3)36-24(33)31-10-9-26(16-27(28,29)17-26)14-22(31)20-6-5-19(23(32)34-4)13-21(20)30-15-18-7-11-35-12-8-18/h5-6,13,18,22,30H,7-12,14-17H2,1-4H3. The summed E-state index contributed by atoms with van der Waals surface area (Å²) in [5.41, 5.74) is 0.714. The quantitative estimate of drug-likeness (QED) is 0.507. The molecular formula is C27H38F2N2O5. The molecule has 0 aromatic heterocycles. The van der Waals surface area contributed by atoms with Gasteiger partial charge < -0.3 is 24.4 Å². The molecule has 0 bridgehead atoms. The molecule has 1 spiro atoms. The average molecular weight is 509 g/mol. The fourth-order valence-electron chi connectivity index (χ4n) is 5.77. The highest BCUT2D eigenvalue weighted by molar-refractivity contribution is 5.91. The van der Waals surface area contributed by atoms with Crippen molar-refractivity contribution in [2.24, 2.45) is 11.3 Å². The van der Waals surface area contributed by atoms with Crippen molar-refractivity contribution in [1.29, 1.82) is 0 Å². The number of halogens is 2. The van der Waals surface area contributed by atoms with Crippen LogP contribution in [0.5, 0.6) is 0 Å². The minimum atomic E-state index is -2.66. The molecule has 7 nitrogen and oxygen atoms in total. The predicted molar refractivity (Wildman–Crippen MR) is 131 cm³/mol. The maximum Gasteiger partial charge on any atom is 0.410 e. The maximum atomic E-state index is 14.0. The zero-order valence-electron chi connectivity index (χ0n) is 21.7. The Morgan fingerprint density at radius 1 is 1.19 bits per heavy atom. The molecule has 1 aliphatic carbocycles. The van der Waals surface area contributed by atoms with E-state index in [1.54, 1.807) is 17.0 Å². The van der Waals surface area contributed by atoms with Crippen molar-refractivity contribution in [3.8, 4) is 0 Å². The number of hydrogen-bond acceptors (Lipinski definition) is 6. The molecule has 1 unspecified atom stereocenters. The van der Waals surface area contributed by atoms with Gasteiger partial charge in [-0.05, 0) is 75.5 Å². The Hall–Kier alpha value is -2.42. The molecule has 1 amide bonds. The first-order valence-corrected chi connectivity index (χ1v) is 12.8. The number of piperidine rings is 1. The summed E-state index contributed by atoms with van der Waals surface area (Å²) >= 11 is 0. The van der Waals surface area contributed by atoms with E-state index in [0.29, 0.717) is 56.3 Å². The van der Waals surface area contributed by atoms with E-state index in [-0.39, 0.29) is 12.8 Å². The number of anilines is 1. The normalized spacial score (nSPS) is 23.6. The molecule has 0 radical (unpaired) electrons. The fourth-order valence-corrected chi connectivity index (χ4v) is 5.77. The molecule has 4 rings (SSSR count). The van der Waals surface area contributed by atoms with Gasteiger partial charge >= 0.3 is 12.1 Å². The molecule has 1 atom stereocenters. The lowest BCUT2D eigenvalue weighted by molar-refractivity contribution is -0.183. The molecule has 1 aromatic rings. The first-order chi connectivity index (χ1) is 16.9. The molecule has 2 saturated heterocycles. The number of ether oxygens (including phenoxy) is 3. The Labute approximate surface area is 211 Å². The smallest absolute Gasteiger partial charge is 0.410 e. The topological polar surface area (TPSA) is 77.1 Å². The zero-order valence-corrected chi connectivity index (χ0v) is 21.7. The summed E-state index contributed by atoms with van der Waals surface area (Å²) in [6.45, 7) is 7.88. The van der Waals surface area contributed by atoms with Crippen LogP contribution >= 0.6 is 0 Å². The number of esters is 1. The highest BCUT2D eigenvalue weighted by Gasteiger charge is 2.59. The van der Waals surface area contributed by atoms with Gasteiger partial charge in [0.25, 0.3) is 0 Å². The molecular weight excluding hydrogens is 470 g/mol. The summed E-state index contributed by atoms with van der Waals surface area (Å²) in [7, 11) is 1.33. The molecule has 9 heteroatoms. The first kappa shape index (κ1) is 26.6. The number of methoxy groups -OCH3 is 1. The van der Waals surface area contributed by atoms with E-state index in [0.717, 1.165) is 18.4 Å². The Morgan fingerprint density at radius 3 is 2.50 bits per heavy atom. The Balaban J connectivity index is 1.66. The van der Waals surface area contributed by atoms with Gasteiger partial charge in [0.15, 0.2) is 0 Å². The van der Waals surface area contributed by atoms with Crippen LogP contribution < -0.4 is 5.32 Å². The van der Waals surface area contributed by atoms with Crippen molar-refractivity contribution >= 4 is 17.7 Å². The van der Waals surface area contributed by atoms with Gasteiger partial charge in [0.2, 0.25) is 5.92 Å². The van der Waals surface area contributed by atoms with Crippen LogP contribution in [-0.4, -0.2) is 61.9 Å². The van der Waals surface area contributed by atoms with Crippen LogP contribution in [0.25, 0.3) is 0 Å². The third-order valence-corrected chi connectivity index (χ3v) is 7.54. The predicted octanol–water partition coefficient (Wildman–Crippen LogP) is 5.80. The summed E-state index contributed by atoms with van der Waals surface area (Å²) < 4.78 is 44.0. The number of carbonyl (C=O) groups excluding carboxylic acids is 2. The summed E-state index contributed by atoms with van der Waals surface area (Å²) in [6.07, 6.45) is 2.03. The third kappa shape index (κ3) is 6.10. The largest absolute Gasteiger partial charge is 0.465 e. The highest BCUT2D eigenvalue weighted by Crippen LogP contribution is 2.60. The summed E-state index contributed by atoms with van der Waals surface area (Å²) in [5, 5.41) is 3.50. The Bertz CT molecular complexity index is 963. The van der Waals surface area contributed by atoms with Crippen LogP contribution in [0.2, 0.25) is 0 Å². The van der Waals surface area contributed by atoms with Gasteiger partial charge in [-0.15, -0.1) is 0 Å². The lowest BCUT2D eigenvalue weighted by Gasteiger charge is -2.54. The monoisotopic (exact) mass is 508 g/mol. The molecule has 3 aliphatic rings. The number of benzene rings is 1. The number of amides is 1. The van der Waals surface area contributed by atoms with Gasteiger partial charge in [-0.2, -0.15) is 0 Å². The van der Waals surface area contributed by atoms with Crippen molar-refractivity contribution < 1.29 is 32.6 Å². The molecule has 200 valence electrons. The van der Waals surface area contributed by atoms with Crippen LogP contribution in [0.1, 0.15) is 81.3 Å². The van der Waals surface area contributed by atoms with E-state index in [1.807, 2.05) is 26.8 Å². The number of likely N-dealkylation sites (tertiary alicyclic amines) is 1. The van der Waals surface area contributed by atoms with E-state index in [2.05, 4.69) is 5.32 Å². The van der Waals surface area contributed by atoms with Crippen LogP contribution in [0.3, 0.4) is 0 Å². The Morgan fingerprint density at radius 2 is 1.89 bits per heavy atom. The van der Waals surface area contributed by atoms with Crippen molar-refractivity contribution in [2.75, 3.05) is 38.7 Å². The second kappa shape index (κ2) is 10.1. The van der Waals surface area contributed by atoms with E-state index >= 15 is 0 Å². The van der Waals surface area contributed by atoms with Crippen LogP contribution in [0.15, 0.2) is 18.2 Å². The molecule has 2 aliphatic heterocycles. The van der Waals surface area contributed by atoms with Gasteiger partial charge in [0, 0.05) is 44.8 Å². The third-order valence-electron chi connectivity index (χ3n) is 7.54. The zero-order chi connectivity index (χ0) is 26.1. The van der Waals surface area contributed by atoms with Crippen molar-refractivity contribution in [1.82, 2.24) is 4.90 Å². The SMILES string of the molecule is COC(=O)c1ccc(C2CC3(CCN2C(=O)OC(C)(C)C)CC(F)(F)C3)c(NCC2CCOCC2)c1.